The number of aliphatic hydroxyl groups is 1. The molecule has 0 radical (unpaired) electrons. The first-order valence-corrected chi connectivity index (χ1v) is 13.1. The van der Waals surface area contributed by atoms with E-state index in [4.69, 9.17) is 27.8 Å². The number of pyridine rings is 1. The van der Waals surface area contributed by atoms with Crippen LogP contribution in [0.4, 0.5) is 27.1 Å². The average Bonchev–Trinajstić information content (AvgIpc) is 3.47. The van der Waals surface area contributed by atoms with E-state index in [0.29, 0.717) is 0 Å². The first-order valence-electron chi connectivity index (χ1n) is 11.9. The molecule has 0 unspecified atom stereocenters. The van der Waals surface area contributed by atoms with Crippen LogP contribution in [-0.2, 0) is 15.8 Å². The zero-order valence-electron chi connectivity index (χ0n) is 21.3. The van der Waals surface area contributed by atoms with Crippen LogP contribution in [0.25, 0.3) is 21.5 Å². The van der Waals surface area contributed by atoms with Gasteiger partial charge in [-0.3, -0.25) is 9.59 Å². The highest BCUT2D eigenvalue weighted by Gasteiger charge is 2.57. The van der Waals surface area contributed by atoms with E-state index in [1.165, 1.54) is 19.1 Å². The third-order valence-corrected chi connectivity index (χ3v) is 8.06. The maximum Gasteiger partial charge on any atom is 0.424 e. The lowest BCUT2D eigenvalue weighted by atomic mass is 9.81. The number of nitrogens with two attached hydrogens (primary N) is 2. The zero-order chi connectivity index (χ0) is 30.8. The number of aromatic nitrogens is 2. The minimum atomic E-state index is -5.44. The molecule has 9 nitrogen and oxygen atoms in total. The Morgan fingerprint density at radius 2 is 1.88 bits per heavy atom. The Morgan fingerprint density at radius 1 is 1.17 bits per heavy atom. The van der Waals surface area contributed by atoms with Crippen molar-refractivity contribution in [3.63, 3.8) is 0 Å². The molecular formula is C26H19ClF5N5O4S. The predicted molar refractivity (Wildman–Crippen MR) is 143 cm³/mol. The van der Waals surface area contributed by atoms with E-state index in [1.807, 2.05) is 5.32 Å². The lowest BCUT2D eigenvalue weighted by molar-refractivity contribution is -0.265. The number of primary amides is 1. The molecule has 0 bridgehead atoms. The van der Waals surface area contributed by atoms with Gasteiger partial charge in [-0.15, -0.1) is 0 Å². The molecule has 1 aliphatic heterocycles. The summed E-state index contributed by atoms with van der Waals surface area (Å²) in [4.78, 5) is 33.0. The van der Waals surface area contributed by atoms with Crippen LogP contribution in [0, 0.1) is 11.6 Å². The summed E-state index contributed by atoms with van der Waals surface area (Å²) in [5, 5.41) is 12.7. The highest BCUT2D eigenvalue weighted by atomic mass is 35.5. The van der Waals surface area contributed by atoms with Crippen molar-refractivity contribution in [3.05, 3.63) is 69.9 Å². The summed E-state index contributed by atoms with van der Waals surface area (Å²) in [6.45, 7) is -0.497. The van der Waals surface area contributed by atoms with Gasteiger partial charge in [-0.1, -0.05) is 22.9 Å². The van der Waals surface area contributed by atoms with Gasteiger partial charge in [0, 0.05) is 16.7 Å². The molecule has 4 aromatic rings. The van der Waals surface area contributed by atoms with Gasteiger partial charge >= 0.3 is 6.18 Å². The normalized spacial score (nSPS) is 17.9. The van der Waals surface area contributed by atoms with E-state index in [-0.39, 0.29) is 55.1 Å². The standard InChI is InChI=1S/C26H19ClF5N5O4S/c1-24(22(33)39)9-41-20-12(24)7-17(36-18(20)10-2-3-14(28)13(27)4-10)25(40,26(30,31)32)8-35-21(38)11-5-15(29)19-16(6-11)42-23(34)37-19/h2-7,40H,8-9H2,1H3,(H2,33,39)(H2,34,37)(H,35,38)/t24-,25-/m0/s1. The zero-order valence-corrected chi connectivity index (χ0v) is 22.8. The molecule has 6 N–H and O–H groups in total. The second kappa shape index (κ2) is 10.0. The van der Waals surface area contributed by atoms with Gasteiger partial charge in [0.1, 0.15) is 34.8 Å². The minimum absolute atomic E-state index is 0.00869. The Labute approximate surface area is 242 Å². The Balaban J connectivity index is 1.61. The third-order valence-electron chi connectivity index (χ3n) is 6.93. The number of thiazole rings is 1. The van der Waals surface area contributed by atoms with E-state index in [1.54, 1.807) is 0 Å². The predicted octanol–water partition coefficient (Wildman–Crippen LogP) is 4.19. The van der Waals surface area contributed by atoms with E-state index < -0.39 is 52.9 Å². The van der Waals surface area contributed by atoms with Gasteiger partial charge < -0.3 is 26.6 Å². The lowest BCUT2D eigenvalue weighted by Crippen LogP contribution is -2.51. The van der Waals surface area contributed by atoms with Crippen molar-refractivity contribution in [2.24, 2.45) is 5.73 Å². The highest BCUT2D eigenvalue weighted by Crippen LogP contribution is 2.48. The number of nitrogens with one attached hydrogen (secondary N) is 1. The van der Waals surface area contributed by atoms with E-state index in [9.17, 15) is 36.6 Å². The maximum atomic E-state index is 14.6. The fraction of sp³-hybridized carbons (Fsp3) is 0.231. The molecule has 0 spiro atoms. The van der Waals surface area contributed by atoms with Crippen LogP contribution in [0.15, 0.2) is 36.4 Å². The highest BCUT2D eigenvalue weighted by molar-refractivity contribution is 7.22. The average molecular weight is 628 g/mol. The molecule has 0 saturated carbocycles. The molecule has 0 aliphatic carbocycles. The van der Waals surface area contributed by atoms with E-state index in [0.717, 1.165) is 35.6 Å². The fourth-order valence-electron chi connectivity index (χ4n) is 4.42. The molecule has 16 heteroatoms. The van der Waals surface area contributed by atoms with Crippen LogP contribution in [0.2, 0.25) is 5.02 Å². The summed E-state index contributed by atoms with van der Waals surface area (Å²) >= 11 is 6.75. The molecule has 42 heavy (non-hydrogen) atoms. The number of carbonyl (C=O) groups excluding carboxylic acids is 2. The molecule has 2 amide bonds. The molecule has 220 valence electrons. The summed E-state index contributed by atoms with van der Waals surface area (Å²) in [7, 11) is 0. The molecule has 5 rings (SSSR count). The van der Waals surface area contributed by atoms with Crippen LogP contribution < -0.4 is 21.5 Å². The number of fused-ring (bicyclic) bond motifs is 2. The number of halogens is 6. The van der Waals surface area contributed by atoms with Gasteiger partial charge in [-0.25, -0.2) is 18.7 Å². The SMILES string of the molecule is C[C@]1(C(N)=O)COc2c1cc([C@@](O)(CNC(=O)c1cc(F)c3nc(N)sc3c1)C(F)(F)F)nc2-c1ccc(F)c(Cl)c1. The number of nitrogens with zero attached hydrogens (tertiary/aromatic N) is 2. The Hall–Kier alpha value is -4.08. The fourth-order valence-corrected chi connectivity index (χ4v) is 5.39. The van der Waals surface area contributed by atoms with Crippen molar-refractivity contribution in [2.45, 2.75) is 24.1 Å². The third kappa shape index (κ3) is 4.76. The van der Waals surface area contributed by atoms with E-state index >= 15 is 0 Å². The molecule has 3 heterocycles. The number of hydrogen-bond acceptors (Lipinski definition) is 8. The van der Waals surface area contributed by atoms with Gasteiger partial charge in [0.25, 0.3) is 5.91 Å². The number of ether oxygens (including phenoxy) is 1. The summed E-state index contributed by atoms with van der Waals surface area (Å²) in [5.41, 5.74) is 3.74. The number of alkyl halides is 3. The number of anilines is 1. The maximum absolute atomic E-state index is 14.6. The first kappa shape index (κ1) is 29.4. The number of amides is 2. The molecule has 2 atom stereocenters. The van der Waals surface area contributed by atoms with Crippen LogP contribution in [0.5, 0.6) is 5.75 Å². The van der Waals surface area contributed by atoms with Gasteiger partial charge in [0.15, 0.2) is 10.9 Å². The minimum Gasteiger partial charge on any atom is -0.489 e. The Bertz CT molecular complexity index is 1780. The van der Waals surface area contributed by atoms with Crippen molar-refractivity contribution >= 4 is 50.1 Å². The monoisotopic (exact) mass is 627 g/mol. The van der Waals surface area contributed by atoms with Crippen molar-refractivity contribution in [1.82, 2.24) is 15.3 Å². The van der Waals surface area contributed by atoms with E-state index in [2.05, 4.69) is 9.97 Å². The van der Waals surface area contributed by atoms with Gasteiger partial charge in [0.2, 0.25) is 11.5 Å². The topological polar surface area (TPSA) is 153 Å². The quantitative estimate of drug-likeness (QED) is 0.234. The number of nitrogen functional groups attached to an aromatic ring is 1. The molecule has 0 saturated heterocycles. The van der Waals surface area contributed by atoms with Gasteiger partial charge in [-0.05, 0) is 43.3 Å². The van der Waals surface area contributed by atoms with Crippen molar-refractivity contribution in [2.75, 3.05) is 18.9 Å². The molecule has 0 fully saturated rings. The number of hydrogen-bond donors (Lipinski definition) is 4. The first-order chi connectivity index (χ1) is 19.5. The number of carbonyl (C=O) groups is 2. The molecule has 2 aromatic heterocycles. The summed E-state index contributed by atoms with van der Waals surface area (Å²) < 4.78 is 77.8. The summed E-state index contributed by atoms with van der Waals surface area (Å²) in [6, 6.07) is 5.97. The summed E-state index contributed by atoms with van der Waals surface area (Å²) in [6.07, 6.45) is -5.44. The van der Waals surface area contributed by atoms with Gasteiger partial charge in [-0.2, -0.15) is 13.2 Å². The molecular weight excluding hydrogens is 609 g/mol. The lowest BCUT2D eigenvalue weighted by Gasteiger charge is -2.31. The Morgan fingerprint density at radius 3 is 2.52 bits per heavy atom. The van der Waals surface area contributed by atoms with Crippen molar-refractivity contribution < 1.29 is 41.4 Å². The van der Waals surface area contributed by atoms with Crippen LogP contribution in [0.3, 0.4) is 0 Å². The van der Waals surface area contributed by atoms with Gasteiger partial charge in [0.05, 0.1) is 22.0 Å². The second-order valence-corrected chi connectivity index (χ2v) is 11.2. The molecule has 1 aliphatic rings. The summed E-state index contributed by atoms with van der Waals surface area (Å²) in [5.74, 6) is -3.95. The van der Waals surface area contributed by atoms with Crippen LogP contribution in [-0.4, -0.2) is 46.2 Å². The van der Waals surface area contributed by atoms with Crippen LogP contribution in [0.1, 0.15) is 28.5 Å². The number of benzene rings is 2. The largest absolute Gasteiger partial charge is 0.489 e. The smallest absolute Gasteiger partial charge is 0.424 e. The van der Waals surface area contributed by atoms with Crippen molar-refractivity contribution in [1.29, 1.82) is 0 Å². The van der Waals surface area contributed by atoms with Crippen LogP contribution >= 0.6 is 22.9 Å². The second-order valence-electron chi connectivity index (χ2n) is 9.74. The molecule has 2 aromatic carbocycles. The Kier molecular flexibility index (Phi) is 7.02. The van der Waals surface area contributed by atoms with Crippen molar-refractivity contribution in [3.8, 4) is 17.0 Å². The number of rotatable bonds is 6.